The van der Waals surface area contributed by atoms with Gasteiger partial charge in [-0.2, -0.15) is 5.10 Å². The van der Waals surface area contributed by atoms with Crippen molar-refractivity contribution in [3.63, 3.8) is 0 Å². The summed E-state index contributed by atoms with van der Waals surface area (Å²) < 4.78 is 1.75. The number of aromatic nitrogens is 2. The highest BCUT2D eigenvalue weighted by atomic mass is 32.1. The van der Waals surface area contributed by atoms with Crippen LogP contribution < -0.4 is 11.1 Å². The second-order valence-corrected chi connectivity index (χ2v) is 5.50. The molecular formula is C12H16N4OS. The van der Waals surface area contributed by atoms with Crippen molar-refractivity contribution in [2.24, 2.45) is 7.05 Å². The molecule has 0 fully saturated rings. The number of aryl methyl sites for hydroxylation is 3. The molecule has 0 aliphatic heterocycles. The van der Waals surface area contributed by atoms with Crippen molar-refractivity contribution in [3.8, 4) is 0 Å². The summed E-state index contributed by atoms with van der Waals surface area (Å²) in [5, 5.41) is 7.15. The van der Waals surface area contributed by atoms with Crippen molar-refractivity contribution in [1.82, 2.24) is 9.78 Å². The molecule has 5 nitrogen and oxygen atoms in total. The predicted molar refractivity (Wildman–Crippen MR) is 74.1 cm³/mol. The van der Waals surface area contributed by atoms with Gasteiger partial charge in [0.2, 0.25) is 0 Å². The lowest BCUT2D eigenvalue weighted by atomic mass is 10.3. The van der Waals surface area contributed by atoms with Crippen LogP contribution in [0.1, 0.15) is 25.9 Å². The Hall–Kier alpha value is -1.82. The van der Waals surface area contributed by atoms with E-state index in [1.807, 2.05) is 27.8 Å². The molecule has 2 aromatic heterocycles. The molecule has 0 atom stereocenters. The van der Waals surface area contributed by atoms with Crippen LogP contribution in [0, 0.1) is 20.8 Å². The maximum absolute atomic E-state index is 12.1. The van der Waals surface area contributed by atoms with Gasteiger partial charge in [0, 0.05) is 17.6 Å². The van der Waals surface area contributed by atoms with Crippen LogP contribution >= 0.6 is 11.3 Å². The van der Waals surface area contributed by atoms with E-state index in [9.17, 15) is 4.79 Å². The normalized spacial score (nSPS) is 10.7. The van der Waals surface area contributed by atoms with Gasteiger partial charge >= 0.3 is 0 Å². The summed E-state index contributed by atoms with van der Waals surface area (Å²) in [6.07, 6.45) is 0. The quantitative estimate of drug-likeness (QED) is 0.873. The van der Waals surface area contributed by atoms with Gasteiger partial charge in [0.1, 0.15) is 0 Å². The van der Waals surface area contributed by atoms with E-state index >= 15 is 0 Å². The minimum absolute atomic E-state index is 0.140. The van der Waals surface area contributed by atoms with Gasteiger partial charge in [0.25, 0.3) is 5.91 Å². The number of thiophene rings is 1. The third kappa shape index (κ3) is 2.11. The van der Waals surface area contributed by atoms with Gasteiger partial charge in [0.15, 0.2) is 0 Å². The number of carbonyl (C=O) groups excluding carboxylic acids is 1. The van der Waals surface area contributed by atoms with E-state index in [1.54, 1.807) is 10.7 Å². The molecule has 2 aromatic rings. The van der Waals surface area contributed by atoms with Crippen molar-refractivity contribution in [2.75, 3.05) is 11.1 Å². The maximum atomic E-state index is 12.1. The number of anilines is 2. The summed E-state index contributed by atoms with van der Waals surface area (Å²) in [4.78, 5) is 13.7. The molecular weight excluding hydrogens is 248 g/mol. The third-order valence-electron chi connectivity index (χ3n) is 2.93. The number of nitrogens with zero attached hydrogens (tertiary/aromatic N) is 2. The third-order valence-corrected chi connectivity index (χ3v) is 3.99. The molecule has 0 unspecified atom stereocenters. The molecule has 0 aliphatic rings. The standard InChI is InChI=1S/C12H16N4OS/c1-6-11(7(2)16(4)15-6)14-12(17)10-5-9(13)8(3)18-10/h5H,13H2,1-4H3,(H,14,17). The number of nitrogen functional groups attached to an aromatic ring is 1. The van der Waals surface area contributed by atoms with E-state index in [2.05, 4.69) is 10.4 Å². The molecule has 3 N–H and O–H groups in total. The number of hydrogen-bond donors (Lipinski definition) is 2. The first-order valence-electron chi connectivity index (χ1n) is 5.57. The van der Waals surface area contributed by atoms with Gasteiger partial charge in [-0.05, 0) is 26.8 Å². The van der Waals surface area contributed by atoms with E-state index < -0.39 is 0 Å². The average molecular weight is 264 g/mol. The van der Waals surface area contributed by atoms with Crippen LogP contribution in [0.25, 0.3) is 0 Å². The van der Waals surface area contributed by atoms with Crippen molar-refractivity contribution < 1.29 is 4.79 Å². The highest BCUT2D eigenvalue weighted by molar-refractivity contribution is 7.14. The second-order valence-electron chi connectivity index (χ2n) is 4.25. The van der Waals surface area contributed by atoms with E-state index in [4.69, 9.17) is 5.73 Å². The van der Waals surface area contributed by atoms with Crippen LogP contribution in [0.5, 0.6) is 0 Å². The van der Waals surface area contributed by atoms with Crippen molar-refractivity contribution in [1.29, 1.82) is 0 Å². The fourth-order valence-electron chi connectivity index (χ4n) is 1.74. The first-order chi connectivity index (χ1) is 8.40. The molecule has 1 amide bonds. The summed E-state index contributed by atoms with van der Waals surface area (Å²) in [5.41, 5.74) is 8.92. The van der Waals surface area contributed by atoms with Gasteiger partial charge in [0.05, 0.1) is 22.0 Å². The van der Waals surface area contributed by atoms with Crippen LogP contribution in [-0.2, 0) is 7.05 Å². The maximum Gasteiger partial charge on any atom is 0.265 e. The van der Waals surface area contributed by atoms with Crippen LogP contribution in [0.3, 0.4) is 0 Å². The highest BCUT2D eigenvalue weighted by Crippen LogP contribution is 2.25. The van der Waals surface area contributed by atoms with Crippen LogP contribution in [0.2, 0.25) is 0 Å². The number of amides is 1. The van der Waals surface area contributed by atoms with Crippen molar-refractivity contribution >= 4 is 28.6 Å². The molecule has 2 rings (SSSR count). The van der Waals surface area contributed by atoms with Gasteiger partial charge in [-0.25, -0.2) is 0 Å². The van der Waals surface area contributed by atoms with Crippen LogP contribution in [0.15, 0.2) is 6.07 Å². The molecule has 0 aliphatic carbocycles. The lowest BCUT2D eigenvalue weighted by molar-refractivity contribution is 0.103. The Kier molecular flexibility index (Phi) is 3.13. The Morgan fingerprint density at radius 2 is 2.11 bits per heavy atom. The number of rotatable bonds is 2. The number of carbonyl (C=O) groups is 1. The molecule has 0 saturated carbocycles. The van der Waals surface area contributed by atoms with Gasteiger partial charge in [-0.3, -0.25) is 9.48 Å². The van der Waals surface area contributed by atoms with E-state index in [0.29, 0.717) is 10.6 Å². The minimum Gasteiger partial charge on any atom is -0.398 e. The fourth-order valence-corrected chi connectivity index (χ4v) is 2.57. The van der Waals surface area contributed by atoms with Gasteiger partial charge in [-0.1, -0.05) is 0 Å². The lowest BCUT2D eigenvalue weighted by Crippen LogP contribution is -2.11. The van der Waals surface area contributed by atoms with Gasteiger partial charge < -0.3 is 11.1 Å². The zero-order chi connectivity index (χ0) is 13.4. The molecule has 2 heterocycles. The Labute approximate surface area is 110 Å². The zero-order valence-electron chi connectivity index (χ0n) is 10.9. The second kappa shape index (κ2) is 4.45. The molecule has 0 aromatic carbocycles. The SMILES string of the molecule is Cc1nn(C)c(C)c1NC(=O)c1cc(N)c(C)s1. The molecule has 96 valence electrons. The van der Waals surface area contributed by atoms with Gasteiger partial charge in [-0.15, -0.1) is 11.3 Å². The van der Waals surface area contributed by atoms with Crippen LogP contribution in [-0.4, -0.2) is 15.7 Å². The van der Waals surface area contributed by atoms with E-state index in [-0.39, 0.29) is 5.91 Å². The van der Waals surface area contributed by atoms with Crippen molar-refractivity contribution in [3.05, 3.63) is 27.2 Å². The number of nitrogens with one attached hydrogen (secondary N) is 1. The Bertz CT molecular complexity index is 592. The summed E-state index contributed by atoms with van der Waals surface area (Å²) >= 11 is 1.40. The van der Waals surface area contributed by atoms with Crippen molar-refractivity contribution in [2.45, 2.75) is 20.8 Å². The zero-order valence-corrected chi connectivity index (χ0v) is 11.7. The summed E-state index contributed by atoms with van der Waals surface area (Å²) in [5.74, 6) is -0.140. The molecule has 0 radical (unpaired) electrons. The molecule has 18 heavy (non-hydrogen) atoms. The smallest absolute Gasteiger partial charge is 0.265 e. The average Bonchev–Trinajstić information content (AvgIpc) is 2.75. The minimum atomic E-state index is -0.140. The largest absolute Gasteiger partial charge is 0.398 e. The highest BCUT2D eigenvalue weighted by Gasteiger charge is 2.16. The summed E-state index contributed by atoms with van der Waals surface area (Å²) in [7, 11) is 1.85. The molecule has 0 saturated heterocycles. The topological polar surface area (TPSA) is 72.9 Å². The monoisotopic (exact) mass is 264 g/mol. The molecule has 0 spiro atoms. The van der Waals surface area contributed by atoms with E-state index in [0.717, 1.165) is 22.0 Å². The summed E-state index contributed by atoms with van der Waals surface area (Å²) in [6.45, 7) is 5.69. The number of hydrogen-bond acceptors (Lipinski definition) is 4. The molecule has 0 bridgehead atoms. The Morgan fingerprint density at radius 1 is 1.44 bits per heavy atom. The lowest BCUT2D eigenvalue weighted by Gasteiger charge is -2.03. The number of nitrogens with two attached hydrogens (primary N) is 1. The van der Waals surface area contributed by atoms with Crippen LogP contribution in [0.4, 0.5) is 11.4 Å². The van der Waals surface area contributed by atoms with E-state index in [1.165, 1.54) is 11.3 Å². The Morgan fingerprint density at radius 3 is 2.56 bits per heavy atom. The molecule has 6 heteroatoms. The first kappa shape index (κ1) is 12.6. The fraction of sp³-hybridized carbons (Fsp3) is 0.333. The predicted octanol–water partition coefficient (Wildman–Crippen LogP) is 2.24. The first-order valence-corrected chi connectivity index (χ1v) is 6.39. The Balaban J connectivity index is 2.26. The summed E-state index contributed by atoms with van der Waals surface area (Å²) in [6, 6.07) is 1.70.